The van der Waals surface area contributed by atoms with Crippen molar-refractivity contribution in [3.05, 3.63) is 33.6 Å². The van der Waals surface area contributed by atoms with Crippen LogP contribution >= 0.6 is 15.9 Å². The summed E-state index contributed by atoms with van der Waals surface area (Å²) in [6.07, 6.45) is 0. The van der Waals surface area contributed by atoms with Gasteiger partial charge in [0.05, 0.1) is 12.6 Å². The number of aromatic carboxylic acids is 1. The zero-order valence-electron chi connectivity index (χ0n) is 9.60. The average molecular weight is 313 g/mol. The molecular weight excluding hydrogens is 304 g/mol. The molecule has 0 unspecified atom stereocenters. The van der Waals surface area contributed by atoms with Crippen molar-refractivity contribution in [2.75, 3.05) is 7.11 Å². The highest BCUT2D eigenvalue weighted by Crippen LogP contribution is 2.23. The number of aromatic nitrogens is 2. The Hall–Kier alpha value is -1.89. The first-order chi connectivity index (χ1) is 8.45. The fourth-order valence-electron chi connectivity index (χ4n) is 1.68. The number of halogens is 1. The number of carbonyl (C=O) groups excluding carboxylic acids is 1. The molecule has 6 nitrogen and oxygen atoms in total. The molecule has 0 aliphatic heterocycles. The van der Waals surface area contributed by atoms with Crippen LogP contribution in [0.25, 0.3) is 5.52 Å². The molecule has 18 heavy (non-hydrogen) atoms. The number of methoxy groups -OCH3 is 1. The van der Waals surface area contributed by atoms with E-state index in [0.717, 1.165) is 5.56 Å². The molecule has 94 valence electrons. The third-order valence-corrected chi connectivity index (χ3v) is 2.99. The van der Waals surface area contributed by atoms with Crippen LogP contribution < -0.4 is 0 Å². The zero-order chi connectivity index (χ0) is 13.4. The van der Waals surface area contributed by atoms with E-state index < -0.39 is 11.9 Å². The van der Waals surface area contributed by atoms with Crippen molar-refractivity contribution < 1.29 is 19.4 Å². The maximum Gasteiger partial charge on any atom is 0.359 e. The van der Waals surface area contributed by atoms with Gasteiger partial charge in [0.15, 0.2) is 5.69 Å². The molecule has 0 radical (unpaired) electrons. The number of ether oxygens (including phenoxy) is 1. The molecule has 2 aromatic rings. The lowest BCUT2D eigenvalue weighted by Crippen LogP contribution is -2.08. The maximum absolute atomic E-state index is 11.5. The molecule has 1 N–H and O–H groups in total. The molecule has 0 bridgehead atoms. The van der Waals surface area contributed by atoms with Crippen molar-refractivity contribution in [3.63, 3.8) is 0 Å². The summed E-state index contributed by atoms with van der Waals surface area (Å²) in [5.41, 5.74) is 0.825. The van der Waals surface area contributed by atoms with Gasteiger partial charge in [-0.2, -0.15) is 5.10 Å². The van der Waals surface area contributed by atoms with E-state index in [9.17, 15) is 14.7 Å². The molecule has 0 saturated carbocycles. The molecule has 2 aromatic heterocycles. The number of carbonyl (C=O) groups is 2. The van der Waals surface area contributed by atoms with Gasteiger partial charge >= 0.3 is 11.9 Å². The predicted octanol–water partition coefficient (Wildman–Crippen LogP) is 1.89. The SMILES string of the molecule is COC(=O)c1nn2c(Br)cc(C)cc2c1C(=O)O. The Labute approximate surface area is 110 Å². The second-order valence-corrected chi connectivity index (χ2v) is 4.49. The summed E-state index contributed by atoms with van der Waals surface area (Å²) in [4.78, 5) is 22.8. The van der Waals surface area contributed by atoms with E-state index in [1.54, 1.807) is 12.1 Å². The summed E-state index contributed by atoms with van der Waals surface area (Å²) in [6.45, 7) is 1.82. The molecule has 2 heterocycles. The number of carboxylic acids is 1. The van der Waals surface area contributed by atoms with Gasteiger partial charge in [0, 0.05) is 0 Å². The van der Waals surface area contributed by atoms with Gasteiger partial charge in [0.2, 0.25) is 0 Å². The van der Waals surface area contributed by atoms with Crippen LogP contribution in [0.15, 0.2) is 16.7 Å². The summed E-state index contributed by atoms with van der Waals surface area (Å²) >= 11 is 3.27. The van der Waals surface area contributed by atoms with Crippen molar-refractivity contribution in [1.29, 1.82) is 0 Å². The van der Waals surface area contributed by atoms with Crippen LogP contribution in [-0.2, 0) is 4.74 Å². The average Bonchev–Trinajstić information content (AvgIpc) is 2.67. The molecule has 0 saturated heterocycles. The van der Waals surface area contributed by atoms with Crippen LogP contribution in [0.2, 0.25) is 0 Å². The minimum Gasteiger partial charge on any atom is -0.478 e. The van der Waals surface area contributed by atoms with E-state index in [2.05, 4.69) is 25.8 Å². The summed E-state index contributed by atoms with van der Waals surface area (Å²) in [6, 6.07) is 3.42. The van der Waals surface area contributed by atoms with E-state index in [-0.39, 0.29) is 11.3 Å². The van der Waals surface area contributed by atoms with Crippen molar-refractivity contribution >= 4 is 33.4 Å². The van der Waals surface area contributed by atoms with E-state index in [1.165, 1.54) is 11.6 Å². The summed E-state index contributed by atoms with van der Waals surface area (Å²) in [5.74, 6) is -2.00. The van der Waals surface area contributed by atoms with Crippen molar-refractivity contribution in [1.82, 2.24) is 9.61 Å². The van der Waals surface area contributed by atoms with Crippen molar-refractivity contribution in [3.8, 4) is 0 Å². The summed E-state index contributed by atoms with van der Waals surface area (Å²) in [5, 5.41) is 13.2. The Kier molecular flexibility index (Phi) is 3.08. The number of rotatable bonds is 2. The van der Waals surface area contributed by atoms with E-state index >= 15 is 0 Å². The first kappa shape index (κ1) is 12.6. The molecule has 0 atom stereocenters. The van der Waals surface area contributed by atoms with Crippen LogP contribution in [0.4, 0.5) is 0 Å². The largest absolute Gasteiger partial charge is 0.478 e. The van der Waals surface area contributed by atoms with Gasteiger partial charge in [-0.15, -0.1) is 0 Å². The third kappa shape index (κ3) is 1.86. The highest BCUT2D eigenvalue weighted by molar-refractivity contribution is 9.10. The number of hydrogen-bond donors (Lipinski definition) is 1. The number of hydrogen-bond acceptors (Lipinski definition) is 4. The lowest BCUT2D eigenvalue weighted by atomic mass is 10.1. The highest BCUT2D eigenvalue weighted by atomic mass is 79.9. The first-order valence-electron chi connectivity index (χ1n) is 4.96. The van der Waals surface area contributed by atoms with E-state index in [0.29, 0.717) is 10.1 Å². The van der Waals surface area contributed by atoms with E-state index in [1.807, 2.05) is 6.92 Å². The van der Waals surface area contributed by atoms with Crippen LogP contribution in [0, 0.1) is 6.92 Å². The van der Waals surface area contributed by atoms with Gasteiger partial charge in [-0.25, -0.2) is 14.1 Å². The number of pyridine rings is 1. The topological polar surface area (TPSA) is 80.9 Å². The number of aryl methyl sites for hydroxylation is 1. The Balaban J connectivity index is 2.88. The molecule has 0 spiro atoms. The minimum atomic E-state index is -1.22. The monoisotopic (exact) mass is 312 g/mol. The summed E-state index contributed by atoms with van der Waals surface area (Å²) < 4.78 is 6.45. The molecule has 7 heteroatoms. The lowest BCUT2D eigenvalue weighted by Gasteiger charge is -1.99. The van der Waals surface area contributed by atoms with E-state index in [4.69, 9.17) is 0 Å². The molecule has 0 aliphatic carbocycles. The first-order valence-corrected chi connectivity index (χ1v) is 5.75. The molecule has 0 aromatic carbocycles. The highest BCUT2D eigenvalue weighted by Gasteiger charge is 2.25. The predicted molar refractivity (Wildman–Crippen MR) is 65.9 cm³/mol. The van der Waals surface area contributed by atoms with Crippen LogP contribution in [0.1, 0.15) is 26.4 Å². The standard InChI is InChI=1S/C11H9BrN2O4/c1-5-3-6-8(10(15)16)9(11(17)18-2)13-14(6)7(12)4-5/h3-4H,1-2H3,(H,15,16). The minimum absolute atomic E-state index is 0.161. The molecular formula is C11H9BrN2O4. The fraction of sp³-hybridized carbons (Fsp3) is 0.182. The smallest absolute Gasteiger partial charge is 0.359 e. The maximum atomic E-state index is 11.5. The van der Waals surface area contributed by atoms with Gasteiger partial charge < -0.3 is 9.84 Å². The van der Waals surface area contributed by atoms with Gasteiger partial charge in [-0.1, -0.05) is 0 Å². The normalized spacial score (nSPS) is 10.6. The number of nitrogens with zero attached hydrogens (tertiary/aromatic N) is 2. The molecule has 2 rings (SSSR count). The van der Waals surface area contributed by atoms with Gasteiger partial charge in [-0.05, 0) is 40.5 Å². The van der Waals surface area contributed by atoms with Crippen LogP contribution in [-0.4, -0.2) is 33.8 Å². The number of carboxylic acid groups (broad SMARTS) is 1. The van der Waals surface area contributed by atoms with Gasteiger partial charge in [0.25, 0.3) is 0 Å². The lowest BCUT2D eigenvalue weighted by molar-refractivity contribution is 0.0577. The Bertz CT molecular complexity index is 663. The number of esters is 1. The second-order valence-electron chi connectivity index (χ2n) is 3.67. The zero-order valence-corrected chi connectivity index (χ0v) is 11.2. The molecule has 0 amide bonds. The quantitative estimate of drug-likeness (QED) is 0.676. The van der Waals surface area contributed by atoms with Crippen molar-refractivity contribution in [2.24, 2.45) is 0 Å². The fourth-order valence-corrected chi connectivity index (χ4v) is 2.32. The van der Waals surface area contributed by atoms with Crippen LogP contribution in [0.3, 0.4) is 0 Å². The molecule has 0 aliphatic rings. The number of fused-ring (bicyclic) bond motifs is 1. The Morgan fingerprint density at radius 3 is 2.67 bits per heavy atom. The summed E-state index contributed by atoms with van der Waals surface area (Å²) in [7, 11) is 1.18. The van der Waals surface area contributed by atoms with Crippen molar-refractivity contribution in [2.45, 2.75) is 6.92 Å². The Morgan fingerprint density at radius 1 is 1.44 bits per heavy atom. The van der Waals surface area contributed by atoms with Gasteiger partial charge in [0.1, 0.15) is 10.2 Å². The third-order valence-electron chi connectivity index (χ3n) is 2.43. The van der Waals surface area contributed by atoms with Crippen LogP contribution in [0.5, 0.6) is 0 Å². The van der Waals surface area contributed by atoms with Gasteiger partial charge in [-0.3, -0.25) is 0 Å². The Morgan fingerprint density at radius 2 is 2.11 bits per heavy atom. The molecule has 0 fully saturated rings. The second kappa shape index (κ2) is 4.41.